The zero-order valence-electron chi connectivity index (χ0n) is 11.5. The van der Waals surface area contributed by atoms with E-state index in [1.807, 2.05) is 19.9 Å². The number of fused-ring (bicyclic) bond motifs is 1. The third-order valence-corrected chi connectivity index (χ3v) is 3.89. The Morgan fingerprint density at radius 3 is 2.90 bits per heavy atom. The molecule has 0 aliphatic rings. The summed E-state index contributed by atoms with van der Waals surface area (Å²) in [5.41, 5.74) is 2.77. The lowest BCUT2D eigenvalue weighted by Crippen LogP contribution is -2.14. The molecular weight excluding hydrogens is 334 g/mol. The second kappa shape index (κ2) is 5.25. The van der Waals surface area contributed by atoms with Crippen LogP contribution in [0.5, 0.6) is 0 Å². The van der Waals surface area contributed by atoms with Crippen molar-refractivity contribution in [3.05, 3.63) is 52.1 Å². The Morgan fingerprint density at radius 2 is 2.10 bits per heavy atom. The number of carbonyl (C=O) groups is 1. The first-order valence-electron chi connectivity index (χ1n) is 6.29. The number of rotatable bonds is 2. The Hall–Kier alpha value is -2.28. The zero-order valence-corrected chi connectivity index (χ0v) is 13.0. The van der Waals surface area contributed by atoms with Crippen LogP contribution >= 0.6 is 15.9 Å². The van der Waals surface area contributed by atoms with Crippen molar-refractivity contribution < 1.29 is 4.79 Å². The van der Waals surface area contributed by atoms with Crippen LogP contribution in [0.15, 0.2) is 35.2 Å². The highest BCUT2D eigenvalue weighted by Crippen LogP contribution is 2.19. The number of hydrogen-bond acceptors (Lipinski definition) is 4. The molecule has 0 fully saturated rings. The number of halogens is 1. The molecule has 0 atom stereocenters. The monoisotopic (exact) mass is 345 g/mol. The van der Waals surface area contributed by atoms with E-state index in [2.05, 4.69) is 36.3 Å². The molecule has 0 saturated carbocycles. The summed E-state index contributed by atoms with van der Waals surface area (Å²) in [5, 5.41) is 7.06. The van der Waals surface area contributed by atoms with Gasteiger partial charge >= 0.3 is 0 Å². The highest BCUT2D eigenvalue weighted by atomic mass is 79.9. The Bertz CT molecular complexity index is 842. The molecule has 0 aliphatic carbocycles. The van der Waals surface area contributed by atoms with Crippen molar-refractivity contribution >= 4 is 33.2 Å². The van der Waals surface area contributed by atoms with Crippen molar-refractivity contribution in [3.63, 3.8) is 0 Å². The Morgan fingerprint density at radius 1 is 1.29 bits per heavy atom. The minimum Gasteiger partial charge on any atom is -0.321 e. The fourth-order valence-corrected chi connectivity index (χ4v) is 2.33. The maximum Gasteiger partial charge on any atom is 0.257 e. The molecule has 0 saturated heterocycles. The third-order valence-electron chi connectivity index (χ3n) is 3.09. The van der Waals surface area contributed by atoms with Crippen molar-refractivity contribution in [2.24, 2.45) is 0 Å². The zero-order chi connectivity index (χ0) is 15.0. The lowest BCUT2D eigenvalue weighted by Gasteiger charge is -2.08. The number of aromatic nitrogens is 4. The van der Waals surface area contributed by atoms with Crippen LogP contribution in [0.1, 0.15) is 21.7 Å². The smallest absolute Gasteiger partial charge is 0.257 e. The quantitative estimate of drug-likeness (QED) is 0.775. The van der Waals surface area contributed by atoms with Gasteiger partial charge in [0.25, 0.3) is 5.91 Å². The molecule has 0 unspecified atom stereocenters. The average molecular weight is 346 g/mol. The normalized spacial score (nSPS) is 10.8. The summed E-state index contributed by atoms with van der Waals surface area (Å²) >= 11 is 3.37. The summed E-state index contributed by atoms with van der Waals surface area (Å²) in [6, 6.07) is 3.60. The molecule has 1 amide bonds. The molecule has 0 aliphatic heterocycles. The molecule has 0 aromatic carbocycles. The maximum atomic E-state index is 12.3. The van der Waals surface area contributed by atoms with Gasteiger partial charge in [-0.2, -0.15) is 5.10 Å². The van der Waals surface area contributed by atoms with Crippen LogP contribution in [0.2, 0.25) is 0 Å². The molecule has 3 aromatic rings. The van der Waals surface area contributed by atoms with Crippen LogP contribution in [0.25, 0.3) is 5.65 Å². The van der Waals surface area contributed by atoms with Crippen LogP contribution in [-0.2, 0) is 0 Å². The number of nitrogens with zero attached hydrogens (tertiary/aromatic N) is 4. The molecule has 6 nitrogen and oxygen atoms in total. The largest absolute Gasteiger partial charge is 0.321 e. The lowest BCUT2D eigenvalue weighted by atomic mass is 10.1. The Balaban J connectivity index is 1.90. The van der Waals surface area contributed by atoms with Gasteiger partial charge in [0.05, 0.1) is 17.4 Å². The molecule has 3 rings (SSSR count). The van der Waals surface area contributed by atoms with Crippen molar-refractivity contribution in [1.82, 2.24) is 19.6 Å². The van der Waals surface area contributed by atoms with Crippen LogP contribution in [-0.4, -0.2) is 25.5 Å². The first-order valence-corrected chi connectivity index (χ1v) is 7.08. The van der Waals surface area contributed by atoms with Gasteiger partial charge in [0.1, 0.15) is 5.82 Å². The summed E-state index contributed by atoms with van der Waals surface area (Å²) in [4.78, 5) is 20.6. The van der Waals surface area contributed by atoms with Crippen LogP contribution in [0.4, 0.5) is 5.69 Å². The highest BCUT2D eigenvalue weighted by Gasteiger charge is 2.12. The van der Waals surface area contributed by atoms with Crippen molar-refractivity contribution in [1.29, 1.82) is 0 Å². The first kappa shape index (κ1) is 13.7. The van der Waals surface area contributed by atoms with E-state index in [0.29, 0.717) is 17.1 Å². The second-order valence-electron chi connectivity index (χ2n) is 4.63. The summed E-state index contributed by atoms with van der Waals surface area (Å²) in [6.45, 7) is 3.69. The molecule has 0 bridgehead atoms. The molecule has 0 spiro atoms. The average Bonchev–Trinajstić information content (AvgIpc) is 2.81. The van der Waals surface area contributed by atoms with E-state index in [-0.39, 0.29) is 5.91 Å². The number of amides is 1. The summed E-state index contributed by atoms with van der Waals surface area (Å²) < 4.78 is 2.44. The van der Waals surface area contributed by atoms with Crippen LogP contribution in [0, 0.1) is 13.8 Å². The molecule has 21 heavy (non-hydrogen) atoms. The molecule has 7 heteroatoms. The Kier molecular flexibility index (Phi) is 3.42. The topological polar surface area (TPSA) is 72.2 Å². The van der Waals surface area contributed by atoms with Gasteiger partial charge < -0.3 is 5.32 Å². The SMILES string of the molecule is Cc1nc2ccc(NC(=O)c3cncc(Br)c3C)cn2n1. The number of hydrogen-bond donors (Lipinski definition) is 1. The van der Waals surface area contributed by atoms with Gasteiger partial charge in [0.2, 0.25) is 0 Å². The van der Waals surface area contributed by atoms with E-state index in [1.165, 1.54) is 0 Å². The number of carbonyl (C=O) groups excluding carboxylic acids is 1. The van der Waals surface area contributed by atoms with Crippen LogP contribution < -0.4 is 5.32 Å². The molecule has 0 radical (unpaired) electrons. The summed E-state index contributed by atoms with van der Waals surface area (Å²) in [7, 11) is 0. The standard InChI is InChI=1S/C14H12BrN5O/c1-8-11(5-16-6-12(8)15)14(21)18-10-3-4-13-17-9(2)19-20(13)7-10/h3-7H,1-2H3,(H,18,21). The van der Waals surface area contributed by atoms with E-state index in [4.69, 9.17) is 0 Å². The highest BCUT2D eigenvalue weighted by molar-refractivity contribution is 9.10. The van der Waals surface area contributed by atoms with Crippen LogP contribution in [0.3, 0.4) is 0 Å². The van der Waals surface area contributed by atoms with Crippen molar-refractivity contribution in [3.8, 4) is 0 Å². The van der Waals surface area contributed by atoms with Gasteiger partial charge in [-0.3, -0.25) is 9.78 Å². The van der Waals surface area contributed by atoms with Gasteiger partial charge in [-0.1, -0.05) is 0 Å². The van der Waals surface area contributed by atoms with Gasteiger partial charge in [-0.05, 0) is 47.5 Å². The molecule has 3 aromatic heterocycles. The minimum atomic E-state index is -0.211. The maximum absolute atomic E-state index is 12.3. The van der Waals surface area contributed by atoms with E-state index in [0.717, 1.165) is 15.7 Å². The molecular formula is C14H12BrN5O. The number of nitrogens with one attached hydrogen (secondary N) is 1. The Labute approximate surface area is 129 Å². The first-order chi connectivity index (χ1) is 10.0. The van der Waals surface area contributed by atoms with E-state index < -0.39 is 0 Å². The fourth-order valence-electron chi connectivity index (χ4n) is 2.00. The summed E-state index contributed by atoms with van der Waals surface area (Å²) in [5.74, 6) is 0.475. The van der Waals surface area contributed by atoms with Gasteiger partial charge in [-0.15, -0.1) is 0 Å². The predicted octanol–water partition coefficient (Wildman–Crippen LogP) is 2.76. The van der Waals surface area contributed by atoms with E-state index in [1.54, 1.807) is 29.2 Å². The van der Waals surface area contributed by atoms with Crippen molar-refractivity contribution in [2.45, 2.75) is 13.8 Å². The van der Waals surface area contributed by atoms with Gasteiger partial charge in [0, 0.05) is 16.9 Å². The van der Waals surface area contributed by atoms with Gasteiger partial charge in [-0.25, -0.2) is 9.50 Å². The van der Waals surface area contributed by atoms with Gasteiger partial charge in [0.15, 0.2) is 5.65 Å². The van der Waals surface area contributed by atoms with E-state index in [9.17, 15) is 4.79 Å². The summed E-state index contributed by atoms with van der Waals surface area (Å²) in [6.07, 6.45) is 4.94. The minimum absolute atomic E-state index is 0.211. The van der Waals surface area contributed by atoms with E-state index >= 15 is 0 Å². The molecule has 106 valence electrons. The third kappa shape index (κ3) is 2.64. The fraction of sp³-hybridized carbons (Fsp3) is 0.143. The lowest BCUT2D eigenvalue weighted by molar-refractivity contribution is 0.102. The second-order valence-corrected chi connectivity index (χ2v) is 5.48. The molecule has 3 heterocycles. The predicted molar refractivity (Wildman–Crippen MR) is 82.4 cm³/mol. The number of anilines is 1. The molecule has 1 N–H and O–H groups in total. The number of pyridine rings is 2. The number of aryl methyl sites for hydroxylation is 1. The van der Waals surface area contributed by atoms with Crippen molar-refractivity contribution in [2.75, 3.05) is 5.32 Å².